The van der Waals surface area contributed by atoms with E-state index in [1.165, 1.54) is 4.90 Å². The third kappa shape index (κ3) is 2.85. The number of nitrogens with two attached hydrogens (primary N) is 1. The minimum Gasteiger partial charge on any atom is -0.482 e. The molecule has 1 heterocycles. The summed E-state index contributed by atoms with van der Waals surface area (Å²) >= 11 is 0. The van der Waals surface area contributed by atoms with E-state index in [9.17, 15) is 9.59 Å². The van der Waals surface area contributed by atoms with Gasteiger partial charge in [-0.3, -0.25) is 14.5 Å². The molecule has 0 atom stereocenters. The van der Waals surface area contributed by atoms with Crippen molar-refractivity contribution in [3.05, 3.63) is 23.8 Å². The fourth-order valence-electron chi connectivity index (χ4n) is 1.88. The first-order valence-corrected chi connectivity index (χ1v) is 6.07. The highest BCUT2D eigenvalue weighted by atomic mass is 16.5. The number of esters is 1. The highest BCUT2D eigenvalue weighted by Crippen LogP contribution is 2.32. The van der Waals surface area contributed by atoms with Gasteiger partial charge in [0.05, 0.1) is 12.3 Å². The van der Waals surface area contributed by atoms with Crippen LogP contribution in [0.25, 0.3) is 0 Å². The molecule has 102 valence electrons. The average Bonchev–Trinajstić information content (AvgIpc) is 2.42. The number of carbonyl (C=O) groups is 2. The van der Waals surface area contributed by atoms with Crippen LogP contribution in [0.15, 0.2) is 18.2 Å². The quantitative estimate of drug-likeness (QED) is 0.798. The molecule has 0 unspecified atom stereocenters. The second-order valence-corrected chi connectivity index (χ2v) is 4.08. The molecule has 2 N–H and O–H groups in total. The van der Waals surface area contributed by atoms with E-state index in [4.69, 9.17) is 15.2 Å². The maximum Gasteiger partial charge on any atom is 0.326 e. The molecule has 0 fully saturated rings. The van der Waals surface area contributed by atoms with Crippen LogP contribution in [0.5, 0.6) is 5.75 Å². The van der Waals surface area contributed by atoms with Crippen molar-refractivity contribution in [1.29, 1.82) is 0 Å². The predicted molar refractivity (Wildman–Crippen MR) is 68.8 cm³/mol. The van der Waals surface area contributed by atoms with Gasteiger partial charge in [-0.15, -0.1) is 0 Å². The maximum absolute atomic E-state index is 11.9. The van der Waals surface area contributed by atoms with Crippen LogP contribution in [0.4, 0.5) is 5.69 Å². The molecule has 19 heavy (non-hydrogen) atoms. The Labute approximate surface area is 111 Å². The summed E-state index contributed by atoms with van der Waals surface area (Å²) in [6.45, 7) is 2.17. The Morgan fingerprint density at radius 1 is 1.53 bits per heavy atom. The Morgan fingerprint density at radius 2 is 2.32 bits per heavy atom. The van der Waals surface area contributed by atoms with Gasteiger partial charge in [-0.25, -0.2) is 0 Å². The van der Waals surface area contributed by atoms with Crippen LogP contribution in [0.1, 0.15) is 12.5 Å². The first-order valence-electron chi connectivity index (χ1n) is 6.07. The van der Waals surface area contributed by atoms with Gasteiger partial charge < -0.3 is 15.2 Å². The Balaban J connectivity index is 2.28. The van der Waals surface area contributed by atoms with Gasteiger partial charge in [-0.05, 0) is 24.6 Å². The zero-order valence-corrected chi connectivity index (χ0v) is 10.7. The van der Waals surface area contributed by atoms with Crippen LogP contribution in [0.2, 0.25) is 0 Å². The highest BCUT2D eigenvalue weighted by molar-refractivity contribution is 6.01. The summed E-state index contributed by atoms with van der Waals surface area (Å²) in [7, 11) is 0. The van der Waals surface area contributed by atoms with Gasteiger partial charge >= 0.3 is 5.97 Å². The number of benzene rings is 1. The summed E-state index contributed by atoms with van der Waals surface area (Å²) in [6.07, 6.45) is 0. The first kappa shape index (κ1) is 13.4. The summed E-state index contributed by atoms with van der Waals surface area (Å²) in [6, 6.07) is 5.34. The number of anilines is 1. The Kier molecular flexibility index (Phi) is 4.01. The molecular weight excluding hydrogens is 248 g/mol. The number of rotatable bonds is 4. The van der Waals surface area contributed by atoms with E-state index >= 15 is 0 Å². The number of carbonyl (C=O) groups excluding carboxylic acids is 2. The molecule has 1 aromatic rings. The third-order valence-electron chi connectivity index (χ3n) is 2.79. The summed E-state index contributed by atoms with van der Waals surface area (Å²) in [5, 5.41) is 0. The summed E-state index contributed by atoms with van der Waals surface area (Å²) in [5.41, 5.74) is 7.00. The van der Waals surface area contributed by atoms with E-state index in [0.29, 0.717) is 18.0 Å². The second-order valence-electron chi connectivity index (χ2n) is 4.08. The molecule has 0 aliphatic carbocycles. The number of hydrogen-bond donors (Lipinski definition) is 1. The van der Waals surface area contributed by atoms with E-state index < -0.39 is 5.97 Å². The van der Waals surface area contributed by atoms with Gasteiger partial charge in [0, 0.05) is 6.54 Å². The van der Waals surface area contributed by atoms with Crippen LogP contribution in [-0.4, -0.2) is 31.6 Å². The summed E-state index contributed by atoms with van der Waals surface area (Å²) in [5.74, 6) is -0.141. The minimum atomic E-state index is -0.443. The van der Waals surface area contributed by atoms with Gasteiger partial charge in [-0.1, -0.05) is 6.07 Å². The number of nitrogens with zero attached hydrogens (tertiary/aromatic N) is 1. The van der Waals surface area contributed by atoms with E-state index in [1.54, 1.807) is 19.1 Å². The fourth-order valence-corrected chi connectivity index (χ4v) is 1.88. The SMILES string of the molecule is CCOC(=O)CN1C(=O)COc2ccc(CN)cc21. The molecule has 0 bridgehead atoms. The normalized spacial score (nSPS) is 13.8. The second kappa shape index (κ2) is 5.71. The summed E-state index contributed by atoms with van der Waals surface area (Å²) in [4.78, 5) is 24.8. The van der Waals surface area contributed by atoms with Gasteiger partial charge in [0.25, 0.3) is 5.91 Å². The van der Waals surface area contributed by atoms with Crippen LogP contribution < -0.4 is 15.4 Å². The van der Waals surface area contributed by atoms with Crippen molar-refractivity contribution in [2.45, 2.75) is 13.5 Å². The topological polar surface area (TPSA) is 81.9 Å². The van der Waals surface area contributed by atoms with Crippen molar-refractivity contribution < 1.29 is 19.1 Å². The molecule has 0 radical (unpaired) electrons. The van der Waals surface area contributed by atoms with Gasteiger partial charge in [0.2, 0.25) is 0 Å². The smallest absolute Gasteiger partial charge is 0.326 e. The van der Waals surface area contributed by atoms with E-state index in [2.05, 4.69) is 0 Å². The lowest BCUT2D eigenvalue weighted by Crippen LogP contribution is -2.42. The van der Waals surface area contributed by atoms with Crippen molar-refractivity contribution in [3.8, 4) is 5.75 Å². The Bertz CT molecular complexity index is 501. The fraction of sp³-hybridized carbons (Fsp3) is 0.385. The van der Waals surface area contributed by atoms with Crippen LogP contribution in [-0.2, 0) is 20.9 Å². The average molecular weight is 264 g/mol. The number of ether oxygens (including phenoxy) is 2. The van der Waals surface area contributed by atoms with Gasteiger partial charge in [0.15, 0.2) is 6.61 Å². The third-order valence-corrected chi connectivity index (χ3v) is 2.79. The maximum atomic E-state index is 11.9. The Morgan fingerprint density at radius 3 is 3.00 bits per heavy atom. The molecular formula is C13H16N2O4. The van der Waals surface area contributed by atoms with E-state index in [1.807, 2.05) is 6.07 Å². The van der Waals surface area contributed by atoms with Gasteiger partial charge in [0.1, 0.15) is 12.3 Å². The molecule has 6 nitrogen and oxygen atoms in total. The molecule has 0 spiro atoms. The number of amides is 1. The lowest BCUT2D eigenvalue weighted by molar-refractivity contribution is -0.142. The molecule has 6 heteroatoms. The number of fused-ring (bicyclic) bond motifs is 1. The molecule has 0 saturated carbocycles. The lowest BCUT2D eigenvalue weighted by atomic mass is 10.1. The van der Waals surface area contributed by atoms with Crippen LogP contribution in [0.3, 0.4) is 0 Å². The highest BCUT2D eigenvalue weighted by Gasteiger charge is 2.27. The van der Waals surface area contributed by atoms with Crippen molar-refractivity contribution in [3.63, 3.8) is 0 Å². The van der Waals surface area contributed by atoms with Crippen LogP contribution in [0, 0.1) is 0 Å². The zero-order valence-electron chi connectivity index (χ0n) is 10.7. The van der Waals surface area contributed by atoms with Crippen LogP contribution >= 0.6 is 0 Å². The largest absolute Gasteiger partial charge is 0.482 e. The predicted octanol–water partition coefficient (Wildman–Crippen LogP) is 0.434. The molecule has 0 aromatic heterocycles. The Hall–Kier alpha value is -2.08. The molecule has 2 rings (SSSR count). The molecule has 0 saturated heterocycles. The monoisotopic (exact) mass is 264 g/mol. The van der Waals surface area contributed by atoms with Crippen molar-refractivity contribution in [2.75, 3.05) is 24.7 Å². The van der Waals surface area contributed by atoms with Crippen molar-refractivity contribution in [1.82, 2.24) is 0 Å². The molecule has 1 aromatic carbocycles. The van der Waals surface area contributed by atoms with Crippen molar-refractivity contribution in [2.24, 2.45) is 5.73 Å². The summed E-state index contributed by atoms with van der Waals surface area (Å²) < 4.78 is 10.2. The molecule has 1 amide bonds. The standard InChI is InChI=1S/C13H16N2O4/c1-2-18-13(17)7-15-10-5-9(6-14)3-4-11(10)19-8-12(15)16/h3-5H,2,6-8,14H2,1H3. The molecule has 1 aliphatic rings. The molecule has 1 aliphatic heterocycles. The van der Waals surface area contributed by atoms with Crippen molar-refractivity contribution >= 4 is 17.6 Å². The number of hydrogen-bond acceptors (Lipinski definition) is 5. The minimum absolute atomic E-state index is 0.0750. The zero-order chi connectivity index (χ0) is 13.8. The van der Waals surface area contributed by atoms with E-state index in [-0.39, 0.29) is 25.7 Å². The van der Waals surface area contributed by atoms with E-state index in [0.717, 1.165) is 5.56 Å². The van der Waals surface area contributed by atoms with Gasteiger partial charge in [-0.2, -0.15) is 0 Å². The first-order chi connectivity index (χ1) is 9.15. The lowest BCUT2D eigenvalue weighted by Gasteiger charge is -2.28.